The molecule has 2 aliphatic rings. The van der Waals surface area contributed by atoms with Crippen molar-refractivity contribution in [3.63, 3.8) is 0 Å². The lowest BCUT2D eigenvalue weighted by Gasteiger charge is -2.31. The summed E-state index contributed by atoms with van der Waals surface area (Å²) >= 11 is 0. The Labute approximate surface area is 175 Å². The van der Waals surface area contributed by atoms with Crippen molar-refractivity contribution in [2.24, 2.45) is 0 Å². The van der Waals surface area contributed by atoms with Gasteiger partial charge in [-0.05, 0) is 64.3 Å². The second kappa shape index (κ2) is 7.41. The molecule has 0 radical (unpaired) electrons. The Bertz CT molecular complexity index is 934. The van der Waals surface area contributed by atoms with Crippen molar-refractivity contribution in [2.45, 2.75) is 58.0 Å². The fraction of sp³-hybridized carbons (Fsp3) is 0.409. The van der Waals surface area contributed by atoms with Crippen LogP contribution in [0, 0.1) is 6.92 Å². The fourth-order valence-electron chi connectivity index (χ4n) is 3.79. The Morgan fingerprint density at radius 1 is 1.30 bits per heavy atom. The second-order valence-electron chi connectivity index (χ2n) is 8.01. The van der Waals surface area contributed by atoms with Crippen LogP contribution in [0.1, 0.15) is 40.6 Å². The highest BCUT2D eigenvalue weighted by molar-refractivity contribution is 5.83. The van der Waals surface area contributed by atoms with E-state index in [1.165, 1.54) is 19.1 Å². The Balaban J connectivity index is 0.00000341. The Morgan fingerprint density at radius 2 is 1.97 bits per heavy atom. The van der Waals surface area contributed by atoms with Crippen LogP contribution in [0.3, 0.4) is 0 Å². The molecule has 1 heterocycles. The van der Waals surface area contributed by atoms with Crippen molar-refractivity contribution in [3.05, 3.63) is 60.0 Å². The van der Waals surface area contributed by atoms with Gasteiger partial charge in [0.1, 0.15) is 17.3 Å². The minimum Gasteiger partial charge on any atom is -0.458 e. The zero-order valence-electron chi connectivity index (χ0n) is 17.4. The summed E-state index contributed by atoms with van der Waals surface area (Å²) in [4.78, 5) is 14.3. The van der Waals surface area contributed by atoms with Crippen LogP contribution in [0.15, 0.2) is 54.5 Å². The Morgan fingerprint density at radius 3 is 2.53 bits per heavy atom. The maximum absolute atomic E-state index is 12.5. The summed E-state index contributed by atoms with van der Waals surface area (Å²) in [6.07, 6.45) is 2.15. The van der Waals surface area contributed by atoms with Gasteiger partial charge in [-0.15, -0.1) is 13.2 Å². The van der Waals surface area contributed by atoms with Gasteiger partial charge in [0.05, 0.1) is 11.1 Å². The number of allylic oxidation sites excluding steroid dienone is 3. The molecule has 1 aliphatic carbocycles. The van der Waals surface area contributed by atoms with Gasteiger partial charge in [-0.2, -0.15) is 0 Å². The highest BCUT2D eigenvalue weighted by atomic mass is 19.4. The molecule has 0 atom stereocenters. The normalized spacial score (nSPS) is 19.9. The number of carbonyl (C=O) groups excluding carboxylic acids is 1. The van der Waals surface area contributed by atoms with Crippen LogP contribution in [0.5, 0.6) is 11.5 Å². The minimum absolute atomic E-state index is 0. The predicted molar refractivity (Wildman–Crippen MR) is 109 cm³/mol. The van der Waals surface area contributed by atoms with Gasteiger partial charge >= 0.3 is 12.4 Å². The van der Waals surface area contributed by atoms with E-state index in [2.05, 4.69) is 16.6 Å². The molecule has 0 bridgehead atoms. The maximum atomic E-state index is 12.5. The first kappa shape index (κ1) is 21.8. The Hall–Kier alpha value is -2.90. The van der Waals surface area contributed by atoms with E-state index < -0.39 is 6.36 Å². The molecule has 1 aromatic carbocycles. The molecule has 1 saturated heterocycles. The Kier molecular flexibility index (Phi) is 5.39. The number of carbonyl (C=O) groups is 1. The molecule has 3 rings (SSSR count). The molecular weight excluding hydrogens is 397 g/mol. The van der Waals surface area contributed by atoms with Crippen LogP contribution in [0.25, 0.3) is 0 Å². The van der Waals surface area contributed by atoms with E-state index in [1.807, 2.05) is 26.8 Å². The van der Waals surface area contributed by atoms with Gasteiger partial charge in [0.15, 0.2) is 0 Å². The number of hydrogen-bond acceptors (Lipinski definition) is 3. The number of amides is 2. The molecule has 30 heavy (non-hydrogen) atoms. The largest absolute Gasteiger partial charge is 0.573 e. The van der Waals surface area contributed by atoms with E-state index in [1.54, 1.807) is 17.1 Å². The summed E-state index contributed by atoms with van der Waals surface area (Å²) in [6, 6.07) is 4.00. The quantitative estimate of drug-likeness (QED) is 0.462. The lowest BCUT2D eigenvalue weighted by molar-refractivity contribution is -0.274. The fourth-order valence-corrected chi connectivity index (χ4v) is 3.79. The zero-order chi connectivity index (χ0) is 22.3. The van der Waals surface area contributed by atoms with E-state index in [9.17, 15) is 18.0 Å². The molecule has 5 nitrogen and oxygen atoms in total. The van der Waals surface area contributed by atoms with Crippen LogP contribution >= 0.6 is 0 Å². The molecule has 0 aromatic heterocycles. The third kappa shape index (κ3) is 4.17. The van der Waals surface area contributed by atoms with Crippen LogP contribution < -0.4 is 14.8 Å². The summed E-state index contributed by atoms with van der Waals surface area (Å²) in [7, 11) is 0. The number of rotatable bonds is 6. The van der Waals surface area contributed by atoms with Gasteiger partial charge in [-0.3, -0.25) is 4.90 Å². The molecule has 1 aromatic rings. The number of nitrogens with one attached hydrogen (secondary N) is 1. The van der Waals surface area contributed by atoms with Crippen LogP contribution in [0.2, 0.25) is 0 Å². The third-order valence-electron chi connectivity index (χ3n) is 5.57. The van der Waals surface area contributed by atoms with Gasteiger partial charge in [0.25, 0.3) is 0 Å². The first-order chi connectivity index (χ1) is 13.9. The lowest BCUT2D eigenvalue weighted by Crippen LogP contribution is -2.46. The third-order valence-corrected chi connectivity index (χ3v) is 5.57. The van der Waals surface area contributed by atoms with Crippen LogP contribution in [0.4, 0.5) is 18.0 Å². The molecular formula is C22H27F3N2O3. The lowest BCUT2D eigenvalue weighted by atomic mass is 9.93. The SMILES string of the molecule is C=C(/C=C\C(=C/C)N1C(=O)NC(C)(C)C12CC2)Oc1ccc(C)c(OC(F)(F)F)c1.[HH]. The number of nitrogens with zero attached hydrogens (tertiary/aromatic N) is 1. The highest BCUT2D eigenvalue weighted by Crippen LogP contribution is 2.54. The van der Waals surface area contributed by atoms with Gasteiger partial charge < -0.3 is 14.8 Å². The molecule has 1 N–H and O–H groups in total. The number of aryl methyl sites for hydroxylation is 1. The second-order valence-corrected chi connectivity index (χ2v) is 8.01. The number of hydrogen-bond donors (Lipinski definition) is 1. The molecule has 2 amide bonds. The van der Waals surface area contributed by atoms with E-state index in [0.29, 0.717) is 11.3 Å². The van der Waals surface area contributed by atoms with E-state index >= 15 is 0 Å². The number of urea groups is 1. The van der Waals surface area contributed by atoms with Crippen molar-refractivity contribution >= 4 is 6.03 Å². The first-order valence-corrected chi connectivity index (χ1v) is 9.58. The number of alkyl halides is 3. The summed E-state index contributed by atoms with van der Waals surface area (Å²) < 4.78 is 47.1. The molecule has 8 heteroatoms. The highest BCUT2D eigenvalue weighted by Gasteiger charge is 2.65. The maximum Gasteiger partial charge on any atom is 0.573 e. The molecule has 1 aliphatic heterocycles. The minimum atomic E-state index is -4.79. The van der Waals surface area contributed by atoms with Crippen molar-refractivity contribution in [2.75, 3.05) is 0 Å². The molecule has 2 fully saturated rings. The van der Waals surface area contributed by atoms with Crippen molar-refractivity contribution < 1.29 is 28.9 Å². The standard InChI is InChI=1S/C22H25F3N2O3.H2/c1-6-16(27-19(28)26-20(4,5)21(27)11-12-21)9-8-15(3)29-17-10-7-14(2)18(13-17)30-22(23,24)25;/h6-10,13H,3,11-12H2,1-2,4-5H3,(H,26,28);1H/b9-8-,16-6+;. The van der Waals surface area contributed by atoms with E-state index in [0.717, 1.165) is 18.9 Å². The van der Waals surface area contributed by atoms with Gasteiger partial charge in [-0.25, -0.2) is 4.79 Å². The van der Waals surface area contributed by atoms with Crippen LogP contribution in [-0.4, -0.2) is 28.4 Å². The summed E-state index contributed by atoms with van der Waals surface area (Å²) in [6.45, 7) is 11.1. The number of halogens is 3. The summed E-state index contributed by atoms with van der Waals surface area (Å²) in [5.74, 6) is 0.0349. The van der Waals surface area contributed by atoms with Crippen molar-refractivity contribution in [1.82, 2.24) is 10.2 Å². The molecule has 0 unspecified atom stereocenters. The van der Waals surface area contributed by atoms with Gasteiger partial charge in [0.2, 0.25) is 0 Å². The van der Waals surface area contributed by atoms with Gasteiger partial charge in [0, 0.05) is 13.2 Å². The van der Waals surface area contributed by atoms with Crippen molar-refractivity contribution in [1.29, 1.82) is 0 Å². The number of benzene rings is 1. The molecule has 164 valence electrons. The average molecular weight is 424 g/mol. The number of ether oxygens (including phenoxy) is 2. The molecule has 1 saturated carbocycles. The predicted octanol–water partition coefficient (Wildman–Crippen LogP) is 5.83. The summed E-state index contributed by atoms with van der Waals surface area (Å²) in [5, 5.41) is 3.02. The van der Waals surface area contributed by atoms with E-state index in [-0.39, 0.29) is 35.8 Å². The average Bonchev–Trinajstić information content (AvgIpc) is 3.38. The smallest absolute Gasteiger partial charge is 0.458 e. The first-order valence-electron chi connectivity index (χ1n) is 9.58. The monoisotopic (exact) mass is 424 g/mol. The van der Waals surface area contributed by atoms with Crippen molar-refractivity contribution in [3.8, 4) is 11.5 Å². The van der Waals surface area contributed by atoms with Crippen LogP contribution in [-0.2, 0) is 0 Å². The van der Waals surface area contributed by atoms with Gasteiger partial charge in [-0.1, -0.05) is 18.7 Å². The molecule has 1 spiro atoms. The summed E-state index contributed by atoms with van der Waals surface area (Å²) in [5.41, 5.74) is 0.440. The zero-order valence-corrected chi connectivity index (χ0v) is 17.4. The van der Waals surface area contributed by atoms with E-state index in [4.69, 9.17) is 4.74 Å². The topological polar surface area (TPSA) is 50.8 Å².